The molecule has 1 aromatic carbocycles. The highest BCUT2D eigenvalue weighted by molar-refractivity contribution is 5.66. The maximum atomic E-state index is 13.4. The van der Waals surface area contributed by atoms with Crippen molar-refractivity contribution in [3.63, 3.8) is 0 Å². The molecular weight excluding hydrogens is 243 g/mol. The molecule has 0 aliphatic rings. The molecule has 100 valence electrons. The van der Waals surface area contributed by atoms with E-state index >= 15 is 0 Å². The lowest BCUT2D eigenvalue weighted by Gasteiger charge is -2.10. The highest BCUT2D eigenvalue weighted by Crippen LogP contribution is 2.24. The number of H-pyrrole nitrogens is 1. The largest absolute Gasteiger partial charge is 0.310 e. The molecule has 0 unspecified atom stereocenters. The molecule has 4 heteroatoms. The van der Waals surface area contributed by atoms with Crippen molar-refractivity contribution >= 4 is 0 Å². The topological polar surface area (TPSA) is 45.8 Å². The van der Waals surface area contributed by atoms with E-state index in [2.05, 4.69) is 9.97 Å². The van der Waals surface area contributed by atoms with Crippen molar-refractivity contribution in [1.82, 2.24) is 9.97 Å². The first-order valence-corrected chi connectivity index (χ1v) is 6.39. The van der Waals surface area contributed by atoms with Crippen LogP contribution in [0.2, 0.25) is 0 Å². The first-order chi connectivity index (χ1) is 9.02. The van der Waals surface area contributed by atoms with Crippen LogP contribution in [0.1, 0.15) is 30.3 Å². The molecule has 2 aromatic rings. The Labute approximate surface area is 111 Å². The zero-order chi connectivity index (χ0) is 14.0. The van der Waals surface area contributed by atoms with Crippen LogP contribution >= 0.6 is 0 Å². The highest BCUT2D eigenvalue weighted by atomic mass is 19.1. The van der Waals surface area contributed by atoms with Gasteiger partial charge in [-0.15, -0.1) is 0 Å². The number of aromatic amines is 1. The van der Waals surface area contributed by atoms with Crippen molar-refractivity contribution in [2.75, 3.05) is 0 Å². The number of nitrogens with one attached hydrogen (secondary N) is 1. The summed E-state index contributed by atoms with van der Waals surface area (Å²) < 4.78 is 13.4. The van der Waals surface area contributed by atoms with E-state index in [0.29, 0.717) is 29.1 Å². The lowest BCUT2D eigenvalue weighted by molar-refractivity contribution is 0.628. The van der Waals surface area contributed by atoms with Crippen LogP contribution in [0.15, 0.2) is 23.0 Å². The first kappa shape index (κ1) is 13.5. The summed E-state index contributed by atoms with van der Waals surface area (Å²) in [5, 5.41) is 0. The molecule has 2 rings (SSSR count). The molecule has 0 atom stereocenters. The zero-order valence-corrected chi connectivity index (χ0v) is 11.4. The van der Waals surface area contributed by atoms with E-state index < -0.39 is 0 Å². The SMILES string of the molecule is CCCc1nc(-c2cc(F)ccc2C)c(C)c(=O)[nH]1. The Hall–Kier alpha value is -1.97. The van der Waals surface area contributed by atoms with Crippen LogP contribution < -0.4 is 5.56 Å². The third-order valence-corrected chi connectivity index (χ3v) is 3.14. The van der Waals surface area contributed by atoms with Crippen molar-refractivity contribution in [1.29, 1.82) is 0 Å². The van der Waals surface area contributed by atoms with E-state index in [-0.39, 0.29) is 11.4 Å². The number of aryl methyl sites for hydroxylation is 2. The zero-order valence-electron chi connectivity index (χ0n) is 11.4. The Balaban J connectivity index is 2.67. The van der Waals surface area contributed by atoms with E-state index in [9.17, 15) is 9.18 Å². The second-order valence-electron chi connectivity index (χ2n) is 4.70. The summed E-state index contributed by atoms with van der Waals surface area (Å²) in [5.74, 6) is 0.330. The van der Waals surface area contributed by atoms with Crippen LogP contribution in [0.3, 0.4) is 0 Å². The summed E-state index contributed by atoms with van der Waals surface area (Å²) in [5.41, 5.74) is 2.53. The predicted octanol–water partition coefficient (Wildman–Crippen LogP) is 3.15. The molecular formula is C15H17FN2O. The summed E-state index contributed by atoms with van der Waals surface area (Å²) in [6.07, 6.45) is 1.60. The monoisotopic (exact) mass is 260 g/mol. The van der Waals surface area contributed by atoms with Crippen LogP contribution in [-0.2, 0) is 6.42 Å². The number of hydrogen-bond acceptors (Lipinski definition) is 2. The van der Waals surface area contributed by atoms with E-state index in [1.807, 2.05) is 13.8 Å². The van der Waals surface area contributed by atoms with Crippen LogP contribution in [0.5, 0.6) is 0 Å². The Morgan fingerprint density at radius 3 is 2.74 bits per heavy atom. The maximum Gasteiger partial charge on any atom is 0.254 e. The second kappa shape index (κ2) is 5.34. The molecule has 0 spiro atoms. The summed E-state index contributed by atoms with van der Waals surface area (Å²) in [7, 11) is 0. The molecule has 0 bridgehead atoms. The molecule has 0 amide bonds. The molecule has 0 aliphatic carbocycles. The fourth-order valence-corrected chi connectivity index (χ4v) is 2.05. The molecule has 0 aliphatic heterocycles. The van der Waals surface area contributed by atoms with Gasteiger partial charge in [0.15, 0.2) is 0 Å². The van der Waals surface area contributed by atoms with Crippen LogP contribution in [0.4, 0.5) is 4.39 Å². The first-order valence-electron chi connectivity index (χ1n) is 6.39. The predicted molar refractivity (Wildman–Crippen MR) is 73.7 cm³/mol. The third kappa shape index (κ3) is 2.72. The van der Waals surface area contributed by atoms with Crippen molar-refractivity contribution in [3.8, 4) is 11.3 Å². The summed E-state index contributed by atoms with van der Waals surface area (Å²) in [4.78, 5) is 19.1. The quantitative estimate of drug-likeness (QED) is 0.921. The van der Waals surface area contributed by atoms with E-state index in [0.717, 1.165) is 12.0 Å². The maximum absolute atomic E-state index is 13.4. The van der Waals surface area contributed by atoms with Gasteiger partial charge in [-0.3, -0.25) is 4.79 Å². The van der Waals surface area contributed by atoms with Crippen molar-refractivity contribution in [3.05, 3.63) is 51.3 Å². The molecule has 0 fully saturated rings. The fraction of sp³-hybridized carbons (Fsp3) is 0.333. The molecule has 1 heterocycles. The number of halogens is 1. The van der Waals surface area contributed by atoms with Gasteiger partial charge in [0.25, 0.3) is 5.56 Å². The number of rotatable bonds is 3. The Morgan fingerprint density at radius 2 is 2.05 bits per heavy atom. The van der Waals surface area contributed by atoms with Gasteiger partial charge in [-0.05, 0) is 38.0 Å². The molecule has 0 saturated carbocycles. The molecule has 3 nitrogen and oxygen atoms in total. The van der Waals surface area contributed by atoms with Gasteiger partial charge < -0.3 is 4.98 Å². The Kier molecular flexibility index (Phi) is 3.79. The van der Waals surface area contributed by atoms with Gasteiger partial charge in [0.05, 0.1) is 5.69 Å². The van der Waals surface area contributed by atoms with Gasteiger partial charge >= 0.3 is 0 Å². The lowest BCUT2D eigenvalue weighted by atomic mass is 10.0. The average Bonchev–Trinajstić information content (AvgIpc) is 2.37. The standard InChI is InChI=1S/C15H17FN2O/c1-4-5-13-17-14(10(3)15(19)18-13)12-8-11(16)7-6-9(12)2/h6-8H,4-5H2,1-3H3,(H,17,18,19). The molecule has 0 saturated heterocycles. The Morgan fingerprint density at radius 1 is 1.32 bits per heavy atom. The van der Waals surface area contributed by atoms with Gasteiger partial charge in [-0.25, -0.2) is 9.37 Å². The van der Waals surface area contributed by atoms with E-state index in [1.165, 1.54) is 12.1 Å². The summed E-state index contributed by atoms with van der Waals surface area (Å²) >= 11 is 0. The van der Waals surface area contributed by atoms with Gasteiger partial charge in [0, 0.05) is 17.5 Å². The fourth-order valence-electron chi connectivity index (χ4n) is 2.05. The number of aromatic nitrogens is 2. The van der Waals surface area contributed by atoms with Crippen molar-refractivity contribution in [2.45, 2.75) is 33.6 Å². The second-order valence-corrected chi connectivity index (χ2v) is 4.70. The number of benzene rings is 1. The lowest BCUT2D eigenvalue weighted by Crippen LogP contribution is -2.16. The minimum Gasteiger partial charge on any atom is -0.310 e. The van der Waals surface area contributed by atoms with E-state index in [1.54, 1.807) is 13.0 Å². The van der Waals surface area contributed by atoms with E-state index in [4.69, 9.17) is 0 Å². The molecule has 0 radical (unpaired) electrons. The van der Waals surface area contributed by atoms with Crippen LogP contribution in [-0.4, -0.2) is 9.97 Å². The summed E-state index contributed by atoms with van der Waals surface area (Å²) in [6, 6.07) is 4.54. The smallest absolute Gasteiger partial charge is 0.254 e. The van der Waals surface area contributed by atoms with Crippen molar-refractivity contribution in [2.24, 2.45) is 0 Å². The van der Waals surface area contributed by atoms with Crippen molar-refractivity contribution < 1.29 is 4.39 Å². The highest BCUT2D eigenvalue weighted by Gasteiger charge is 2.12. The molecule has 1 aromatic heterocycles. The van der Waals surface area contributed by atoms with Gasteiger partial charge in [-0.2, -0.15) is 0 Å². The van der Waals surface area contributed by atoms with Gasteiger partial charge in [0.1, 0.15) is 11.6 Å². The number of hydrogen-bond donors (Lipinski definition) is 1. The minimum absolute atomic E-state index is 0.155. The molecule has 1 N–H and O–H groups in total. The minimum atomic E-state index is -0.320. The number of nitrogens with zero attached hydrogens (tertiary/aromatic N) is 1. The Bertz CT molecular complexity index is 662. The van der Waals surface area contributed by atoms with Crippen LogP contribution in [0, 0.1) is 19.7 Å². The van der Waals surface area contributed by atoms with Gasteiger partial charge in [0.2, 0.25) is 0 Å². The summed E-state index contributed by atoms with van der Waals surface area (Å²) in [6.45, 7) is 5.62. The normalized spacial score (nSPS) is 10.7. The van der Waals surface area contributed by atoms with Crippen LogP contribution in [0.25, 0.3) is 11.3 Å². The molecule has 19 heavy (non-hydrogen) atoms. The van der Waals surface area contributed by atoms with Gasteiger partial charge in [-0.1, -0.05) is 13.0 Å². The third-order valence-electron chi connectivity index (χ3n) is 3.14. The average molecular weight is 260 g/mol.